The first-order valence-corrected chi connectivity index (χ1v) is 6.50. The molecule has 0 spiro atoms. The Morgan fingerprint density at radius 2 is 2.11 bits per heavy atom. The van der Waals surface area contributed by atoms with Gasteiger partial charge in [0.2, 0.25) is 0 Å². The van der Waals surface area contributed by atoms with Gasteiger partial charge in [-0.2, -0.15) is 0 Å². The van der Waals surface area contributed by atoms with Gasteiger partial charge in [-0.15, -0.1) is 0 Å². The summed E-state index contributed by atoms with van der Waals surface area (Å²) in [5, 5.41) is 20.7. The highest BCUT2D eigenvalue weighted by atomic mass is 32.1. The van der Waals surface area contributed by atoms with Crippen LogP contribution < -0.4 is 4.74 Å². The normalized spacial score (nSPS) is 12.2. The molecule has 2 rings (SSSR count). The van der Waals surface area contributed by atoms with E-state index in [0.717, 1.165) is 16.9 Å². The summed E-state index contributed by atoms with van der Waals surface area (Å²) < 4.78 is 5.60. The van der Waals surface area contributed by atoms with Crippen molar-refractivity contribution in [3.8, 4) is 10.8 Å². The van der Waals surface area contributed by atoms with Crippen LogP contribution in [0, 0.1) is 17.0 Å². The number of aryl methyl sites for hydroxylation is 1. The summed E-state index contributed by atoms with van der Waals surface area (Å²) in [6.07, 6.45) is -0.752. The van der Waals surface area contributed by atoms with Crippen molar-refractivity contribution in [3.05, 3.63) is 50.9 Å². The van der Waals surface area contributed by atoms with Crippen molar-refractivity contribution in [2.75, 3.05) is 0 Å². The van der Waals surface area contributed by atoms with Crippen molar-refractivity contribution >= 4 is 17.0 Å². The van der Waals surface area contributed by atoms with E-state index in [1.165, 1.54) is 6.07 Å². The molecule has 2 aromatic rings. The van der Waals surface area contributed by atoms with E-state index in [0.29, 0.717) is 10.6 Å². The van der Waals surface area contributed by atoms with Gasteiger partial charge in [-0.05, 0) is 25.5 Å². The van der Waals surface area contributed by atoms with Crippen LogP contribution in [0.1, 0.15) is 23.5 Å². The molecule has 0 aliphatic heterocycles. The minimum atomic E-state index is -0.752. The monoisotopic (exact) mass is 279 g/mol. The highest BCUT2D eigenvalue weighted by molar-refractivity contribution is 7.14. The first-order valence-electron chi connectivity index (χ1n) is 5.68. The summed E-state index contributed by atoms with van der Waals surface area (Å²) >= 11 is 1.09. The van der Waals surface area contributed by atoms with Crippen LogP contribution in [0.25, 0.3) is 0 Å². The van der Waals surface area contributed by atoms with Crippen LogP contribution in [-0.4, -0.2) is 10.0 Å². The van der Waals surface area contributed by atoms with E-state index in [9.17, 15) is 15.2 Å². The van der Waals surface area contributed by atoms with Gasteiger partial charge in [0.1, 0.15) is 5.75 Å². The van der Waals surface area contributed by atoms with Gasteiger partial charge in [-0.25, -0.2) is 0 Å². The fourth-order valence-corrected chi connectivity index (χ4v) is 2.48. The number of benzene rings is 1. The molecule has 0 saturated heterocycles. The van der Waals surface area contributed by atoms with Gasteiger partial charge in [-0.1, -0.05) is 29.5 Å². The van der Waals surface area contributed by atoms with Crippen LogP contribution in [0.2, 0.25) is 0 Å². The maximum absolute atomic E-state index is 11.0. The molecule has 6 heteroatoms. The van der Waals surface area contributed by atoms with Gasteiger partial charge in [0.15, 0.2) is 0 Å². The lowest BCUT2D eigenvalue weighted by atomic mass is 10.2. The molecule has 0 amide bonds. The lowest BCUT2D eigenvalue weighted by Gasteiger charge is -2.05. The van der Waals surface area contributed by atoms with Gasteiger partial charge in [0.25, 0.3) is 5.06 Å². The van der Waals surface area contributed by atoms with Crippen LogP contribution >= 0.6 is 11.3 Å². The number of hydrogen-bond donors (Lipinski definition) is 1. The predicted octanol–water partition coefficient (Wildman–Crippen LogP) is 3.81. The van der Waals surface area contributed by atoms with Crippen LogP contribution in [0.3, 0.4) is 0 Å². The number of nitro groups is 1. The first-order chi connectivity index (χ1) is 8.99. The smallest absolute Gasteiger partial charge is 0.323 e. The van der Waals surface area contributed by atoms with Crippen LogP contribution in [-0.2, 0) is 0 Å². The highest BCUT2D eigenvalue weighted by Gasteiger charge is 2.23. The number of aliphatic hydroxyl groups is 1. The molecule has 100 valence electrons. The van der Waals surface area contributed by atoms with Crippen molar-refractivity contribution in [3.63, 3.8) is 0 Å². The Morgan fingerprint density at radius 3 is 2.68 bits per heavy atom. The average Bonchev–Trinajstić information content (AvgIpc) is 2.76. The third-order valence-electron chi connectivity index (χ3n) is 2.60. The Morgan fingerprint density at radius 1 is 1.42 bits per heavy atom. The van der Waals surface area contributed by atoms with Crippen molar-refractivity contribution < 1.29 is 14.8 Å². The minimum Gasteiger partial charge on any atom is -0.440 e. The van der Waals surface area contributed by atoms with Crippen LogP contribution in [0.15, 0.2) is 30.3 Å². The topological polar surface area (TPSA) is 72.6 Å². The van der Waals surface area contributed by atoms with Gasteiger partial charge in [-0.3, -0.25) is 10.1 Å². The van der Waals surface area contributed by atoms with Crippen molar-refractivity contribution in [1.82, 2.24) is 0 Å². The molecular formula is C13H13NO4S. The largest absolute Gasteiger partial charge is 0.440 e. The third-order valence-corrected chi connectivity index (χ3v) is 3.78. The van der Waals surface area contributed by atoms with E-state index in [1.807, 2.05) is 19.1 Å². The molecule has 5 nitrogen and oxygen atoms in total. The molecule has 1 aromatic heterocycles. The van der Waals surface area contributed by atoms with Gasteiger partial charge in [0, 0.05) is 10.9 Å². The van der Waals surface area contributed by atoms with Crippen LogP contribution in [0.5, 0.6) is 10.8 Å². The van der Waals surface area contributed by atoms with E-state index in [4.69, 9.17) is 4.74 Å². The fourth-order valence-electron chi connectivity index (χ4n) is 1.56. The summed E-state index contributed by atoms with van der Waals surface area (Å²) in [5.41, 5.74) is 0.771. The first kappa shape index (κ1) is 13.5. The Labute approximate surface area is 114 Å². The van der Waals surface area contributed by atoms with Crippen molar-refractivity contribution in [2.45, 2.75) is 20.0 Å². The molecule has 1 aromatic carbocycles. The van der Waals surface area contributed by atoms with Gasteiger partial charge >= 0.3 is 5.69 Å². The number of thiophene rings is 1. The number of aliphatic hydroxyl groups excluding tert-OH is 1. The highest BCUT2D eigenvalue weighted by Crippen LogP contribution is 2.42. The maximum Gasteiger partial charge on any atom is 0.323 e. The lowest BCUT2D eigenvalue weighted by molar-refractivity contribution is -0.385. The Bertz CT molecular complexity index is 606. The van der Waals surface area contributed by atoms with E-state index >= 15 is 0 Å². The number of nitrogens with zero attached hydrogens (tertiary/aromatic N) is 1. The van der Waals surface area contributed by atoms with E-state index < -0.39 is 11.0 Å². The second-order valence-corrected chi connectivity index (χ2v) is 5.17. The zero-order valence-electron chi connectivity index (χ0n) is 10.5. The minimum absolute atomic E-state index is 0.121. The second kappa shape index (κ2) is 5.38. The molecule has 0 fully saturated rings. The fraction of sp³-hybridized carbons (Fsp3) is 0.231. The summed E-state index contributed by atoms with van der Waals surface area (Å²) in [6, 6.07) is 8.64. The standard InChI is InChI=1S/C13H13NO4S/c1-8-5-3-4-6-11(8)18-13-10(14(16)17)7-12(19-13)9(2)15/h3-7,9,15H,1-2H3/t9-/m0/s1. The van der Waals surface area contributed by atoms with E-state index in [-0.39, 0.29) is 10.8 Å². The molecule has 0 aliphatic carbocycles. The summed E-state index contributed by atoms with van der Waals surface area (Å²) in [6.45, 7) is 3.43. The molecule has 1 heterocycles. The molecule has 0 bridgehead atoms. The maximum atomic E-state index is 11.0. The van der Waals surface area contributed by atoms with Gasteiger partial charge < -0.3 is 9.84 Å². The molecule has 1 atom stereocenters. The zero-order valence-corrected chi connectivity index (χ0v) is 11.3. The Balaban J connectivity index is 2.39. The van der Waals surface area contributed by atoms with E-state index in [2.05, 4.69) is 0 Å². The zero-order chi connectivity index (χ0) is 14.0. The van der Waals surface area contributed by atoms with Gasteiger partial charge in [0.05, 0.1) is 11.0 Å². The lowest BCUT2D eigenvalue weighted by Crippen LogP contribution is -1.90. The molecule has 0 radical (unpaired) electrons. The van der Waals surface area contributed by atoms with Crippen molar-refractivity contribution in [2.24, 2.45) is 0 Å². The second-order valence-electron chi connectivity index (χ2n) is 4.12. The molecule has 0 aliphatic rings. The number of hydrogen-bond acceptors (Lipinski definition) is 5. The SMILES string of the molecule is Cc1ccccc1Oc1sc([C@H](C)O)cc1[N+](=O)[O-]. The number of ether oxygens (including phenoxy) is 1. The van der Waals surface area contributed by atoms with Crippen LogP contribution in [0.4, 0.5) is 5.69 Å². The van der Waals surface area contributed by atoms with Crippen molar-refractivity contribution in [1.29, 1.82) is 0 Å². The molecular weight excluding hydrogens is 266 g/mol. The third kappa shape index (κ3) is 2.91. The predicted molar refractivity (Wildman–Crippen MR) is 72.9 cm³/mol. The van der Waals surface area contributed by atoms with E-state index in [1.54, 1.807) is 19.1 Å². The quantitative estimate of drug-likeness (QED) is 0.682. The molecule has 0 saturated carbocycles. The summed E-state index contributed by atoms with van der Waals surface area (Å²) in [4.78, 5) is 11.0. The Kier molecular flexibility index (Phi) is 3.82. The Hall–Kier alpha value is -1.92. The molecule has 1 N–H and O–H groups in total. The summed E-state index contributed by atoms with van der Waals surface area (Å²) in [7, 11) is 0. The number of rotatable bonds is 4. The molecule has 19 heavy (non-hydrogen) atoms. The number of para-hydroxylation sites is 1. The summed E-state index contributed by atoms with van der Waals surface area (Å²) in [5.74, 6) is 0.574. The molecule has 0 unspecified atom stereocenters. The average molecular weight is 279 g/mol.